The standard InChI is InChI=1S/C59H92N2O14.ClH/c1-37-19-12-11-13-20-38(2)49(70-8)35-45-25-23-43(7)59(69,75-45)56(66)57(67)61-30-15-14-21-46(61)58(68)73-50(40(4)33-44-24-26-47(62)51(34-44)71-9)36-48(63)39(3)32-42(6)54(55(72-10)53(65)41(5)31-37)74-52(64)22-18-29-60-27-16-17-28-60;/h11-13,19-20,32,37,39-41,43-47,49-51,54-55,62,69H,14-18,21-31,33-36H2,1-10H3;1H/b13-11+,19-12-,38-20+,42-32-;/t37?,39?,40?,41?,43?,44?,45?,46?,47?,49?,50?,51?,54?,55?,59-;/m0./s1. The van der Waals surface area contributed by atoms with Crippen molar-refractivity contribution < 1.29 is 67.4 Å². The van der Waals surface area contributed by atoms with Gasteiger partial charge in [0.05, 0.1) is 24.4 Å². The fourth-order valence-electron chi connectivity index (χ4n) is 11.9. The second-order valence-electron chi connectivity index (χ2n) is 22.7. The summed E-state index contributed by atoms with van der Waals surface area (Å²) in [5.41, 5.74) is 1.34. The number of aliphatic hydroxyl groups excluding tert-OH is 1. The first kappa shape index (κ1) is 64.9. The van der Waals surface area contributed by atoms with Gasteiger partial charge in [0.15, 0.2) is 18.0 Å². The third-order valence-corrected chi connectivity index (χ3v) is 16.8. The molecule has 2 N–H and O–H groups in total. The van der Waals surface area contributed by atoms with Gasteiger partial charge in [0.25, 0.3) is 11.7 Å². The Morgan fingerprint density at radius 2 is 1.54 bits per heavy atom. The Bertz CT molecular complexity index is 2050. The number of esters is 2. The van der Waals surface area contributed by atoms with Crippen molar-refractivity contribution in [1.82, 2.24) is 9.80 Å². The molecule has 15 atom stereocenters. The first-order valence-electron chi connectivity index (χ1n) is 28.1. The molecular formula is C59H93ClN2O14. The van der Waals surface area contributed by atoms with Crippen molar-refractivity contribution in [2.45, 2.75) is 206 Å². The highest BCUT2D eigenvalue weighted by Crippen LogP contribution is 2.38. The highest BCUT2D eigenvalue weighted by molar-refractivity contribution is 6.39. The molecule has 1 amide bonds. The van der Waals surface area contributed by atoms with E-state index in [2.05, 4.69) is 4.90 Å². The molecule has 4 heterocycles. The van der Waals surface area contributed by atoms with Crippen molar-refractivity contribution in [1.29, 1.82) is 0 Å². The number of allylic oxidation sites excluding steroid dienone is 6. The van der Waals surface area contributed by atoms with Crippen LogP contribution in [0, 0.1) is 35.5 Å². The number of halogens is 1. The number of rotatable bonds is 11. The van der Waals surface area contributed by atoms with E-state index in [4.69, 9.17) is 28.4 Å². The molecule has 5 aliphatic rings. The summed E-state index contributed by atoms with van der Waals surface area (Å²) in [6.07, 6.45) is 14.2. The van der Waals surface area contributed by atoms with Crippen LogP contribution in [0.4, 0.5) is 0 Å². The van der Waals surface area contributed by atoms with Gasteiger partial charge >= 0.3 is 11.9 Å². The number of hydrogen-bond donors (Lipinski definition) is 2. The third kappa shape index (κ3) is 18.0. The number of ketones is 3. The maximum atomic E-state index is 14.6. The van der Waals surface area contributed by atoms with Crippen LogP contribution in [0.25, 0.3) is 0 Å². The van der Waals surface area contributed by atoms with Gasteiger partial charge in [-0.2, -0.15) is 0 Å². The predicted molar refractivity (Wildman–Crippen MR) is 291 cm³/mol. The number of amides is 1. The topological polar surface area (TPSA) is 205 Å². The summed E-state index contributed by atoms with van der Waals surface area (Å²) >= 11 is 0. The minimum Gasteiger partial charge on any atom is -0.460 e. The van der Waals surface area contributed by atoms with Gasteiger partial charge in [-0.1, -0.05) is 71.1 Å². The van der Waals surface area contributed by atoms with Crippen molar-refractivity contribution in [2.75, 3.05) is 47.5 Å². The van der Waals surface area contributed by atoms with Crippen LogP contribution < -0.4 is 0 Å². The first-order valence-corrected chi connectivity index (χ1v) is 28.1. The number of ether oxygens (including phenoxy) is 6. The zero-order valence-electron chi connectivity index (χ0n) is 47.3. The molecule has 1 saturated carbocycles. The van der Waals surface area contributed by atoms with E-state index in [-0.39, 0.29) is 73.6 Å². The van der Waals surface area contributed by atoms with E-state index in [0.29, 0.717) is 76.2 Å². The molecule has 1 aliphatic carbocycles. The quantitative estimate of drug-likeness (QED) is 0.114. The van der Waals surface area contributed by atoms with Crippen LogP contribution in [0.3, 0.4) is 0 Å². The number of carbonyl (C=O) groups excluding carboxylic acids is 6. The molecular weight excluding hydrogens is 996 g/mol. The van der Waals surface area contributed by atoms with Crippen LogP contribution >= 0.6 is 12.4 Å². The third-order valence-electron chi connectivity index (χ3n) is 16.8. The highest BCUT2D eigenvalue weighted by atomic mass is 35.5. The van der Waals surface area contributed by atoms with Crippen LogP contribution in [0.1, 0.15) is 151 Å². The smallest absolute Gasteiger partial charge is 0.329 e. The van der Waals surface area contributed by atoms with Gasteiger partial charge in [0.2, 0.25) is 5.79 Å². The molecule has 14 unspecified atom stereocenters. The number of Topliss-reactive ketones (excluding diaryl/α,β-unsaturated/α-hetero) is 3. The minimum atomic E-state index is -2.44. The van der Waals surface area contributed by atoms with E-state index in [0.717, 1.165) is 38.0 Å². The Morgan fingerprint density at radius 3 is 2.22 bits per heavy atom. The maximum Gasteiger partial charge on any atom is 0.329 e. The Balaban J connectivity index is 0.0000125. The van der Waals surface area contributed by atoms with E-state index in [9.17, 15) is 39.0 Å². The molecule has 2 bridgehead atoms. The largest absolute Gasteiger partial charge is 0.460 e. The monoisotopic (exact) mass is 1090 g/mol. The highest BCUT2D eigenvalue weighted by Gasteiger charge is 2.53. The molecule has 4 aliphatic heterocycles. The van der Waals surface area contributed by atoms with Crippen LogP contribution in [-0.2, 0) is 57.2 Å². The number of aliphatic hydroxyl groups is 2. The Morgan fingerprint density at radius 1 is 0.829 bits per heavy atom. The lowest BCUT2D eigenvalue weighted by Gasteiger charge is -2.42. The lowest BCUT2D eigenvalue weighted by atomic mass is 9.78. The van der Waals surface area contributed by atoms with Gasteiger partial charge in [-0.25, -0.2) is 4.79 Å². The van der Waals surface area contributed by atoms with Crippen LogP contribution in [0.5, 0.6) is 0 Å². The molecule has 0 aromatic carbocycles. The molecule has 0 aromatic heterocycles. The lowest BCUT2D eigenvalue weighted by molar-refractivity contribution is -0.265. The van der Waals surface area contributed by atoms with E-state index < -0.39 is 89.8 Å². The fourth-order valence-corrected chi connectivity index (χ4v) is 11.9. The van der Waals surface area contributed by atoms with Crippen molar-refractivity contribution in [2.24, 2.45) is 35.5 Å². The molecule has 17 heteroatoms. The van der Waals surface area contributed by atoms with Gasteiger partial charge in [-0.15, -0.1) is 12.4 Å². The summed E-state index contributed by atoms with van der Waals surface area (Å²) in [7, 11) is 4.57. The number of methoxy groups -OCH3 is 3. The van der Waals surface area contributed by atoms with Crippen molar-refractivity contribution >= 4 is 47.6 Å². The molecule has 0 spiro atoms. The molecule has 5 rings (SSSR count). The van der Waals surface area contributed by atoms with E-state index >= 15 is 0 Å². The van der Waals surface area contributed by atoms with Crippen LogP contribution in [0.15, 0.2) is 47.6 Å². The minimum absolute atomic E-state index is 0. The zero-order chi connectivity index (χ0) is 55.0. The molecule has 4 fully saturated rings. The maximum absolute atomic E-state index is 14.6. The number of nitrogens with zero attached hydrogens (tertiary/aromatic N) is 2. The second kappa shape index (κ2) is 31.3. The van der Waals surface area contributed by atoms with Gasteiger partial charge in [0.1, 0.15) is 17.9 Å². The number of fused-ring (bicyclic) bond motifs is 3. The van der Waals surface area contributed by atoms with Gasteiger partial charge in [0, 0.05) is 64.9 Å². The summed E-state index contributed by atoms with van der Waals surface area (Å²) in [5.74, 6) is -8.64. The number of carbonyl (C=O) groups is 6. The summed E-state index contributed by atoms with van der Waals surface area (Å²) in [6.45, 7) is 15.7. The Hall–Kier alpha value is -3.61. The van der Waals surface area contributed by atoms with E-state index in [1.807, 2.05) is 58.1 Å². The second-order valence-corrected chi connectivity index (χ2v) is 22.7. The van der Waals surface area contributed by atoms with Gasteiger partial charge in [-0.3, -0.25) is 24.0 Å². The van der Waals surface area contributed by atoms with Crippen molar-refractivity contribution in [3.05, 3.63) is 47.6 Å². The summed E-state index contributed by atoms with van der Waals surface area (Å²) in [6, 6.07) is -1.16. The van der Waals surface area contributed by atoms with Crippen LogP contribution in [0.2, 0.25) is 0 Å². The normalized spacial score (nSPS) is 37.3. The Labute approximate surface area is 459 Å². The average molecular weight is 1090 g/mol. The van der Waals surface area contributed by atoms with Gasteiger partial charge < -0.3 is 48.4 Å². The fraction of sp³-hybridized carbons (Fsp3) is 0.763. The number of likely N-dealkylation sites (tertiary alicyclic amines) is 1. The predicted octanol–water partition coefficient (Wildman–Crippen LogP) is 8.03. The SMILES string of the molecule is COC1CC2CCC(C)[C@](O)(O2)C(=O)C(=O)N2CCCCC2C(=O)OC(C(C)CC2CCC(O)C(OC)C2)CC(=O)C(C)/C=C(/C)C(OC(=O)CCCN2CCCC2)C(OC)C(=O)C(C)CC(C)\C=C/C=C/C=C/1C.Cl. The molecule has 3 saturated heterocycles. The van der Waals surface area contributed by atoms with E-state index in [1.54, 1.807) is 41.1 Å². The molecule has 16 nitrogen and oxygen atoms in total. The summed E-state index contributed by atoms with van der Waals surface area (Å²) in [5, 5.41) is 22.6. The first-order chi connectivity index (χ1) is 35.7. The van der Waals surface area contributed by atoms with Crippen molar-refractivity contribution in [3.8, 4) is 0 Å². The summed E-state index contributed by atoms with van der Waals surface area (Å²) < 4.78 is 36.1. The molecule has 76 heavy (non-hydrogen) atoms. The van der Waals surface area contributed by atoms with Gasteiger partial charge in [-0.05, 0) is 146 Å². The number of cyclic esters (lactones) is 1. The molecule has 0 aromatic rings. The lowest BCUT2D eigenvalue weighted by Crippen LogP contribution is -2.61. The number of piperidine rings is 1. The summed E-state index contributed by atoms with van der Waals surface area (Å²) in [4.78, 5) is 89.5. The molecule has 430 valence electrons. The average Bonchev–Trinajstić information content (AvgIpc) is 3.91. The van der Waals surface area contributed by atoms with E-state index in [1.165, 1.54) is 12.0 Å². The number of hydrogen-bond acceptors (Lipinski definition) is 15. The molecule has 0 radical (unpaired) electrons. The Kier molecular flexibility index (Phi) is 26.7. The van der Waals surface area contributed by atoms with Crippen LogP contribution in [-0.4, -0.2) is 157 Å². The van der Waals surface area contributed by atoms with Crippen molar-refractivity contribution in [3.63, 3.8) is 0 Å². The zero-order valence-corrected chi connectivity index (χ0v) is 48.1.